The molecule has 11 nitrogen and oxygen atoms in total. The average Bonchev–Trinajstić information content (AvgIpc) is 3.67. The molecule has 2 unspecified atom stereocenters. The van der Waals surface area contributed by atoms with Crippen molar-refractivity contribution in [2.24, 2.45) is 0 Å². The number of benzene rings is 1. The van der Waals surface area contributed by atoms with Gasteiger partial charge in [-0.3, -0.25) is 14.2 Å². The normalized spacial score (nSPS) is 19.4. The Bertz CT molecular complexity index is 1250. The zero-order chi connectivity index (χ0) is 26.5. The van der Waals surface area contributed by atoms with E-state index in [9.17, 15) is 9.59 Å². The van der Waals surface area contributed by atoms with Crippen LogP contribution in [0, 0.1) is 0 Å². The number of aromatic nitrogens is 4. The van der Waals surface area contributed by atoms with Crippen molar-refractivity contribution in [1.29, 1.82) is 0 Å². The summed E-state index contributed by atoms with van der Waals surface area (Å²) in [5.74, 6) is 1.58. The summed E-state index contributed by atoms with van der Waals surface area (Å²) in [6.45, 7) is 2.37. The largest absolute Gasteiger partial charge is 0.497 e. The van der Waals surface area contributed by atoms with Crippen LogP contribution >= 0.6 is 11.6 Å². The second-order valence-electron chi connectivity index (χ2n) is 9.28. The zero-order valence-electron chi connectivity index (χ0n) is 21.1. The van der Waals surface area contributed by atoms with Crippen molar-refractivity contribution < 1.29 is 19.1 Å². The van der Waals surface area contributed by atoms with Crippen LogP contribution in [-0.4, -0.2) is 81.7 Å². The third-order valence-corrected chi connectivity index (χ3v) is 6.96. The number of imidazole rings is 1. The lowest BCUT2D eigenvalue weighted by Gasteiger charge is -2.42. The molecule has 1 aromatic carbocycles. The van der Waals surface area contributed by atoms with E-state index in [0.717, 1.165) is 17.7 Å². The number of hydrogen-bond donors (Lipinski definition) is 1. The molecule has 0 bridgehead atoms. The molecule has 5 rings (SSSR count). The molecule has 38 heavy (non-hydrogen) atoms. The summed E-state index contributed by atoms with van der Waals surface area (Å²) in [6.07, 6.45) is 6.24. The fourth-order valence-electron chi connectivity index (χ4n) is 4.76. The van der Waals surface area contributed by atoms with Gasteiger partial charge in [0.15, 0.2) is 0 Å². The molecule has 1 N–H and O–H groups in total. The molecule has 0 aliphatic carbocycles. The predicted octanol–water partition coefficient (Wildman–Crippen LogP) is 2.23. The van der Waals surface area contributed by atoms with Crippen LogP contribution in [0.2, 0.25) is 5.15 Å². The minimum atomic E-state index is -0.451. The highest BCUT2D eigenvalue weighted by Crippen LogP contribution is 2.25. The first kappa shape index (κ1) is 25.9. The molecular weight excluding hydrogens is 510 g/mol. The fraction of sp³-hybridized carbons (Fsp3) is 0.423. The molecule has 0 saturated carbocycles. The van der Waals surface area contributed by atoms with Crippen molar-refractivity contribution in [2.75, 3.05) is 38.3 Å². The van der Waals surface area contributed by atoms with Crippen LogP contribution in [0.4, 0.5) is 5.82 Å². The highest BCUT2D eigenvalue weighted by atomic mass is 35.5. The van der Waals surface area contributed by atoms with E-state index in [4.69, 9.17) is 21.1 Å². The van der Waals surface area contributed by atoms with E-state index in [1.54, 1.807) is 41.4 Å². The maximum absolute atomic E-state index is 13.3. The number of amides is 2. The zero-order valence-corrected chi connectivity index (χ0v) is 21.9. The molecule has 0 radical (unpaired) electrons. The maximum atomic E-state index is 13.3. The first-order valence-corrected chi connectivity index (χ1v) is 13.0. The average molecular weight is 540 g/mol. The number of ether oxygens (including phenoxy) is 2. The van der Waals surface area contributed by atoms with Gasteiger partial charge in [-0.25, -0.2) is 9.97 Å². The Hall–Kier alpha value is -3.70. The number of nitrogens with one attached hydrogen (secondary N) is 1. The summed E-state index contributed by atoms with van der Waals surface area (Å²) >= 11 is 6.33. The second kappa shape index (κ2) is 11.8. The molecule has 2 aliphatic rings. The van der Waals surface area contributed by atoms with Gasteiger partial charge >= 0.3 is 0 Å². The Labute approximate surface area is 225 Å². The van der Waals surface area contributed by atoms with Gasteiger partial charge < -0.3 is 24.6 Å². The monoisotopic (exact) mass is 539 g/mol. The van der Waals surface area contributed by atoms with Gasteiger partial charge in [-0.1, -0.05) is 23.7 Å². The van der Waals surface area contributed by atoms with E-state index in [0.29, 0.717) is 56.1 Å². The summed E-state index contributed by atoms with van der Waals surface area (Å²) in [5.41, 5.74) is 0.958. The van der Waals surface area contributed by atoms with Gasteiger partial charge in [0.25, 0.3) is 5.91 Å². The van der Waals surface area contributed by atoms with Crippen LogP contribution in [-0.2, 0) is 20.9 Å². The van der Waals surface area contributed by atoms with Crippen molar-refractivity contribution >= 4 is 29.2 Å². The molecule has 2 atom stereocenters. The quantitative estimate of drug-likeness (QED) is 0.433. The predicted molar refractivity (Wildman–Crippen MR) is 140 cm³/mol. The first-order valence-electron chi connectivity index (χ1n) is 12.6. The highest BCUT2D eigenvalue weighted by Gasteiger charge is 2.37. The second-order valence-corrected chi connectivity index (χ2v) is 9.67. The van der Waals surface area contributed by atoms with Gasteiger partial charge in [0.05, 0.1) is 13.2 Å². The van der Waals surface area contributed by atoms with Crippen LogP contribution in [0.5, 0.6) is 5.75 Å². The van der Waals surface area contributed by atoms with E-state index in [1.165, 1.54) is 0 Å². The molecule has 2 aromatic heterocycles. The van der Waals surface area contributed by atoms with Crippen LogP contribution in [0.1, 0.15) is 24.8 Å². The molecule has 4 heterocycles. The lowest BCUT2D eigenvalue weighted by molar-refractivity contribution is -0.144. The standard InChI is InChI=1S/C26H30ClN7O4/c1-37-20-6-4-18(5-7-20)15-29-24(35)13-19-16-32(10-11-34(19)25(36)21-3-2-12-38-21)23-14-22(27)30-26(31-23)33-9-8-28-17-33/h4-9,14,17,19,21H,2-3,10-13,15-16H2,1H3,(H,29,35). The molecule has 200 valence electrons. The number of methoxy groups -OCH3 is 1. The first-order chi connectivity index (χ1) is 18.5. The number of rotatable bonds is 8. The minimum Gasteiger partial charge on any atom is -0.497 e. The van der Waals surface area contributed by atoms with Gasteiger partial charge in [0.1, 0.15) is 29.2 Å². The lowest BCUT2D eigenvalue weighted by atomic mass is 10.1. The minimum absolute atomic E-state index is 0.0603. The number of piperazine rings is 1. The Kier molecular flexibility index (Phi) is 8.04. The van der Waals surface area contributed by atoms with Crippen LogP contribution in [0.3, 0.4) is 0 Å². The number of carbonyl (C=O) groups excluding carboxylic acids is 2. The molecule has 2 fully saturated rings. The van der Waals surface area contributed by atoms with E-state index >= 15 is 0 Å². The molecule has 2 saturated heterocycles. The lowest BCUT2D eigenvalue weighted by Crippen LogP contribution is -2.58. The molecule has 12 heteroatoms. The number of anilines is 1. The van der Waals surface area contributed by atoms with Gasteiger partial charge in [0.2, 0.25) is 11.9 Å². The third kappa shape index (κ3) is 6.05. The summed E-state index contributed by atoms with van der Waals surface area (Å²) in [7, 11) is 1.61. The summed E-state index contributed by atoms with van der Waals surface area (Å²) in [6, 6.07) is 8.86. The number of nitrogens with zero attached hydrogens (tertiary/aromatic N) is 6. The van der Waals surface area contributed by atoms with Crippen LogP contribution in [0.25, 0.3) is 5.95 Å². The summed E-state index contributed by atoms with van der Waals surface area (Å²) in [5, 5.41) is 3.28. The summed E-state index contributed by atoms with van der Waals surface area (Å²) < 4.78 is 12.5. The Morgan fingerprint density at radius 3 is 2.76 bits per heavy atom. The molecule has 3 aromatic rings. The van der Waals surface area contributed by atoms with Gasteiger partial charge in [-0.05, 0) is 30.5 Å². The number of carbonyl (C=O) groups is 2. The molecule has 0 spiro atoms. The molecule has 2 aliphatic heterocycles. The maximum Gasteiger partial charge on any atom is 0.252 e. The summed E-state index contributed by atoms with van der Waals surface area (Å²) in [4.78, 5) is 43.2. The molecule has 2 amide bonds. The van der Waals surface area contributed by atoms with Crippen LogP contribution < -0.4 is 15.0 Å². The van der Waals surface area contributed by atoms with Crippen molar-refractivity contribution in [2.45, 2.75) is 38.0 Å². The third-order valence-electron chi connectivity index (χ3n) is 6.77. The van der Waals surface area contributed by atoms with E-state index in [1.807, 2.05) is 29.2 Å². The Morgan fingerprint density at radius 1 is 1.21 bits per heavy atom. The van der Waals surface area contributed by atoms with Crippen molar-refractivity contribution in [3.05, 3.63) is 59.8 Å². The molecular formula is C26H30ClN7O4. The van der Waals surface area contributed by atoms with Gasteiger partial charge in [-0.2, -0.15) is 4.98 Å². The van der Waals surface area contributed by atoms with E-state index in [-0.39, 0.29) is 24.3 Å². The van der Waals surface area contributed by atoms with E-state index < -0.39 is 6.10 Å². The smallest absolute Gasteiger partial charge is 0.252 e. The Balaban J connectivity index is 1.31. The topological polar surface area (TPSA) is 115 Å². The van der Waals surface area contributed by atoms with Crippen LogP contribution in [0.15, 0.2) is 49.1 Å². The van der Waals surface area contributed by atoms with Gasteiger partial charge in [0, 0.05) is 57.7 Å². The van der Waals surface area contributed by atoms with Crippen molar-refractivity contribution in [3.8, 4) is 11.7 Å². The van der Waals surface area contributed by atoms with Crippen molar-refractivity contribution in [1.82, 2.24) is 29.7 Å². The fourth-order valence-corrected chi connectivity index (χ4v) is 4.94. The highest BCUT2D eigenvalue weighted by molar-refractivity contribution is 6.29. The number of halogens is 1. The number of hydrogen-bond acceptors (Lipinski definition) is 8. The van der Waals surface area contributed by atoms with Gasteiger partial charge in [-0.15, -0.1) is 0 Å². The van der Waals surface area contributed by atoms with E-state index in [2.05, 4.69) is 20.3 Å². The Morgan fingerprint density at radius 2 is 2.05 bits per heavy atom. The van der Waals surface area contributed by atoms with Crippen molar-refractivity contribution in [3.63, 3.8) is 0 Å². The SMILES string of the molecule is COc1ccc(CNC(=O)CC2CN(c3cc(Cl)nc(-n4ccnc4)n3)CCN2C(=O)C2CCCO2)cc1.